The van der Waals surface area contributed by atoms with Gasteiger partial charge in [-0.2, -0.15) is 0 Å². The minimum Gasteiger partial charge on any atom is -0.293 e. The second-order valence-electron chi connectivity index (χ2n) is 12.6. The lowest BCUT2D eigenvalue weighted by Crippen LogP contribution is -1.98. The first-order valence-corrected chi connectivity index (χ1v) is 16.9. The Bertz CT molecular complexity index is 2880. The molecular weight excluding hydrogens is 625 g/mol. The van der Waals surface area contributed by atoms with Gasteiger partial charge in [-0.1, -0.05) is 72.8 Å². The molecule has 10 rings (SSSR count). The fraction of sp³-hybridized carbons (Fsp3) is 0. The van der Waals surface area contributed by atoms with Crippen LogP contribution in [0.2, 0.25) is 0 Å². The Morgan fingerprint density at radius 1 is 0.412 bits per heavy atom. The van der Waals surface area contributed by atoms with Crippen molar-refractivity contribution in [2.75, 3.05) is 0 Å². The number of nitrogens with zero attached hydrogens (tertiary/aromatic N) is 6. The van der Waals surface area contributed by atoms with E-state index >= 15 is 0 Å². The van der Waals surface area contributed by atoms with Crippen LogP contribution in [0.5, 0.6) is 0 Å². The Hall–Kier alpha value is -7.05. The van der Waals surface area contributed by atoms with E-state index in [2.05, 4.69) is 112 Å². The molecule has 10 aromatic rings. The fourth-order valence-corrected chi connectivity index (χ4v) is 7.16. The smallest absolute Gasteiger partial charge is 0.138 e. The largest absolute Gasteiger partial charge is 0.293 e. The summed E-state index contributed by atoms with van der Waals surface area (Å²) in [6.45, 7) is 0. The maximum Gasteiger partial charge on any atom is 0.138 e. The summed E-state index contributed by atoms with van der Waals surface area (Å²) < 4.78 is 2.32. The number of pyridine rings is 5. The molecule has 0 radical (unpaired) electrons. The first-order chi connectivity index (χ1) is 25.3. The maximum atomic E-state index is 5.19. The van der Waals surface area contributed by atoms with Crippen LogP contribution < -0.4 is 0 Å². The average molecular weight is 653 g/mol. The Labute approximate surface area is 293 Å². The average Bonchev–Trinajstić information content (AvgIpc) is 3.55. The molecule has 0 aliphatic heterocycles. The zero-order chi connectivity index (χ0) is 33.7. The van der Waals surface area contributed by atoms with Crippen molar-refractivity contribution in [2.45, 2.75) is 0 Å². The molecule has 238 valence electrons. The van der Waals surface area contributed by atoms with Crippen molar-refractivity contribution in [3.8, 4) is 50.8 Å². The number of aromatic nitrogens is 6. The minimum absolute atomic E-state index is 0.844. The van der Waals surface area contributed by atoms with Crippen molar-refractivity contribution >= 4 is 43.5 Å². The van der Waals surface area contributed by atoms with Crippen molar-refractivity contribution in [2.24, 2.45) is 0 Å². The van der Waals surface area contributed by atoms with Gasteiger partial charge in [-0.25, -0.2) is 4.98 Å². The molecule has 0 fully saturated rings. The SMILES string of the molecule is c1ccc(-c2ccc(-c3ccc4c(c3)c3cc(-c5ccc(-c6ccccn6)nc5)c5ccccc5c3n4-c3ccc4ccccc4n3)cn2)nc1. The van der Waals surface area contributed by atoms with Gasteiger partial charge >= 0.3 is 0 Å². The van der Waals surface area contributed by atoms with Crippen LogP contribution in [0.15, 0.2) is 170 Å². The van der Waals surface area contributed by atoms with Gasteiger partial charge in [0.15, 0.2) is 0 Å². The minimum atomic E-state index is 0.844. The van der Waals surface area contributed by atoms with Gasteiger partial charge in [-0.05, 0) is 89.3 Å². The predicted octanol–water partition coefficient (Wildman–Crippen LogP) is 10.7. The molecule has 0 N–H and O–H groups in total. The molecule has 6 aromatic heterocycles. The first-order valence-electron chi connectivity index (χ1n) is 16.9. The van der Waals surface area contributed by atoms with Crippen LogP contribution in [0.4, 0.5) is 0 Å². The quantitative estimate of drug-likeness (QED) is 0.185. The zero-order valence-corrected chi connectivity index (χ0v) is 27.3. The highest BCUT2D eigenvalue weighted by molar-refractivity contribution is 6.22. The lowest BCUT2D eigenvalue weighted by atomic mass is 9.95. The van der Waals surface area contributed by atoms with Gasteiger partial charge in [0.1, 0.15) is 5.82 Å². The third-order valence-corrected chi connectivity index (χ3v) is 9.61. The van der Waals surface area contributed by atoms with E-state index in [4.69, 9.17) is 15.0 Å². The lowest BCUT2D eigenvalue weighted by Gasteiger charge is -2.13. The first kappa shape index (κ1) is 28.9. The molecule has 0 amide bonds. The standard InChI is InChI=1S/C45H28N6/c1-4-12-38-29(9-1)18-22-44(50-38)51-43-21-17-30(31-15-19-41(48-27-31)39-13-5-7-23-46-39)25-36(43)37-26-35(33-10-2-3-11-34(33)45(37)51)32-16-20-42(49-28-32)40-14-6-8-24-47-40/h1-28H. The molecule has 0 atom stereocenters. The molecule has 6 heteroatoms. The molecule has 0 aliphatic rings. The zero-order valence-electron chi connectivity index (χ0n) is 27.3. The highest BCUT2D eigenvalue weighted by Gasteiger charge is 2.20. The van der Waals surface area contributed by atoms with E-state index in [1.54, 1.807) is 12.4 Å². The molecular formula is C45H28N6. The van der Waals surface area contributed by atoms with Gasteiger partial charge < -0.3 is 0 Å². The van der Waals surface area contributed by atoms with Crippen LogP contribution >= 0.6 is 0 Å². The van der Waals surface area contributed by atoms with Crippen LogP contribution in [0, 0.1) is 0 Å². The predicted molar refractivity (Wildman–Crippen MR) is 207 cm³/mol. The van der Waals surface area contributed by atoms with Crippen LogP contribution in [0.3, 0.4) is 0 Å². The molecule has 0 saturated heterocycles. The fourth-order valence-electron chi connectivity index (χ4n) is 7.16. The second kappa shape index (κ2) is 11.8. The van der Waals surface area contributed by atoms with E-state index in [1.807, 2.05) is 60.9 Å². The van der Waals surface area contributed by atoms with E-state index in [0.29, 0.717) is 0 Å². The van der Waals surface area contributed by atoms with Crippen molar-refractivity contribution in [3.05, 3.63) is 170 Å². The van der Waals surface area contributed by atoms with Gasteiger partial charge in [-0.15, -0.1) is 0 Å². The van der Waals surface area contributed by atoms with Gasteiger partial charge in [0.05, 0.1) is 39.3 Å². The van der Waals surface area contributed by atoms with Gasteiger partial charge in [-0.3, -0.25) is 24.5 Å². The Kier molecular flexibility index (Phi) is 6.70. The van der Waals surface area contributed by atoms with Gasteiger partial charge in [0.25, 0.3) is 0 Å². The summed E-state index contributed by atoms with van der Waals surface area (Å²) >= 11 is 0. The van der Waals surface area contributed by atoms with Gasteiger partial charge in [0.2, 0.25) is 0 Å². The number of hydrogen-bond acceptors (Lipinski definition) is 5. The van der Waals surface area contributed by atoms with Crippen LogP contribution in [0.1, 0.15) is 0 Å². The topological polar surface area (TPSA) is 69.4 Å². The summed E-state index contributed by atoms with van der Waals surface area (Å²) in [6.07, 6.45) is 7.49. The molecule has 0 spiro atoms. The number of fused-ring (bicyclic) bond motifs is 6. The van der Waals surface area contributed by atoms with Crippen molar-refractivity contribution in [3.63, 3.8) is 0 Å². The number of para-hydroxylation sites is 1. The molecule has 0 saturated carbocycles. The van der Waals surface area contributed by atoms with E-state index in [-0.39, 0.29) is 0 Å². The van der Waals surface area contributed by atoms with Crippen LogP contribution in [0.25, 0.3) is 94.3 Å². The van der Waals surface area contributed by atoms with Crippen LogP contribution in [-0.4, -0.2) is 29.5 Å². The van der Waals surface area contributed by atoms with Crippen molar-refractivity contribution < 1.29 is 0 Å². The van der Waals surface area contributed by atoms with E-state index in [9.17, 15) is 0 Å². The van der Waals surface area contributed by atoms with Crippen LogP contribution in [-0.2, 0) is 0 Å². The second-order valence-corrected chi connectivity index (χ2v) is 12.6. The summed E-state index contributed by atoms with van der Waals surface area (Å²) in [4.78, 5) is 23.8. The molecule has 6 heterocycles. The lowest BCUT2D eigenvalue weighted by molar-refractivity contribution is 1.11. The van der Waals surface area contributed by atoms with E-state index in [1.165, 1.54) is 0 Å². The van der Waals surface area contributed by atoms with E-state index < -0.39 is 0 Å². The summed E-state index contributed by atoms with van der Waals surface area (Å²) in [5.74, 6) is 0.877. The third-order valence-electron chi connectivity index (χ3n) is 9.61. The molecule has 51 heavy (non-hydrogen) atoms. The normalized spacial score (nSPS) is 11.5. The Morgan fingerprint density at radius 3 is 1.76 bits per heavy atom. The third kappa shape index (κ3) is 4.92. The molecule has 0 aliphatic carbocycles. The highest BCUT2D eigenvalue weighted by Crippen LogP contribution is 2.42. The summed E-state index contributed by atoms with van der Waals surface area (Å²) in [7, 11) is 0. The number of benzene rings is 4. The van der Waals surface area contributed by atoms with Crippen molar-refractivity contribution in [1.82, 2.24) is 29.5 Å². The summed E-state index contributed by atoms with van der Waals surface area (Å²) in [6, 6.07) is 50.3. The number of hydrogen-bond donors (Lipinski definition) is 0. The molecule has 0 unspecified atom stereocenters. The van der Waals surface area contributed by atoms with E-state index in [0.717, 1.165) is 94.3 Å². The summed E-state index contributed by atoms with van der Waals surface area (Å²) in [5.41, 5.74) is 10.8. The monoisotopic (exact) mass is 652 g/mol. The maximum absolute atomic E-state index is 5.19. The highest BCUT2D eigenvalue weighted by atomic mass is 15.1. The molecule has 4 aromatic carbocycles. The molecule has 6 nitrogen and oxygen atoms in total. The molecule has 0 bridgehead atoms. The Balaban J connectivity index is 1.22. The van der Waals surface area contributed by atoms with Gasteiger partial charge in [0, 0.05) is 57.5 Å². The number of rotatable bonds is 5. The summed E-state index contributed by atoms with van der Waals surface area (Å²) in [5, 5.41) is 5.68. The Morgan fingerprint density at radius 2 is 1.06 bits per heavy atom. The van der Waals surface area contributed by atoms with Crippen molar-refractivity contribution in [1.29, 1.82) is 0 Å².